The maximum atomic E-state index is 10.6. The van der Waals surface area contributed by atoms with Crippen LogP contribution in [-0.2, 0) is 17.8 Å². The number of hydrogen-bond donors (Lipinski definition) is 2. The lowest BCUT2D eigenvalue weighted by Gasteiger charge is -2.04. The first-order valence-electron chi connectivity index (χ1n) is 6.36. The van der Waals surface area contributed by atoms with E-state index >= 15 is 0 Å². The Morgan fingerprint density at radius 3 is 2.91 bits per heavy atom. The van der Waals surface area contributed by atoms with Gasteiger partial charge < -0.3 is 4.74 Å². The third-order valence-electron chi connectivity index (χ3n) is 3.08. The van der Waals surface area contributed by atoms with Crippen molar-refractivity contribution in [1.82, 2.24) is 24.7 Å². The van der Waals surface area contributed by atoms with E-state index in [4.69, 9.17) is 9.29 Å². The average Bonchev–Trinajstić information content (AvgIpc) is 2.96. The van der Waals surface area contributed by atoms with Crippen molar-refractivity contribution in [3.8, 4) is 11.6 Å². The SMILES string of the molecule is COc1ccc2c(c1)nnn2-c1ccc(CNS(=O)O)cn1. The van der Waals surface area contributed by atoms with Crippen molar-refractivity contribution in [1.29, 1.82) is 0 Å². The van der Waals surface area contributed by atoms with Gasteiger partial charge in [0.1, 0.15) is 11.3 Å². The summed E-state index contributed by atoms with van der Waals surface area (Å²) in [6.45, 7) is 0.256. The molecule has 0 aliphatic carbocycles. The van der Waals surface area contributed by atoms with Gasteiger partial charge in [0.15, 0.2) is 5.82 Å². The molecule has 1 atom stereocenters. The Bertz CT molecular complexity index is 818. The Kier molecular flexibility index (Phi) is 4.09. The monoisotopic (exact) mass is 319 g/mol. The lowest BCUT2D eigenvalue weighted by molar-refractivity contribution is 0.415. The summed E-state index contributed by atoms with van der Waals surface area (Å²) in [6.07, 6.45) is 1.62. The first-order chi connectivity index (χ1) is 10.7. The van der Waals surface area contributed by atoms with E-state index in [9.17, 15) is 4.21 Å². The Labute approximate surface area is 128 Å². The fourth-order valence-electron chi connectivity index (χ4n) is 1.99. The first kappa shape index (κ1) is 14.6. The van der Waals surface area contributed by atoms with Crippen LogP contribution < -0.4 is 9.46 Å². The van der Waals surface area contributed by atoms with Crippen LogP contribution in [0.2, 0.25) is 0 Å². The van der Waals surface area contributed by atoms with Gasteiger partial charge in [-0.05, 0) is 23.8 Å². The predicted molar refractivity (Wildman–Crippen MR) is 80.8 cm³/mol. The molecule has 1 unspecified atom stereocenters. The Morgan fingerprint density at radius 2 is 2.23 bits per heavy atom. The minimum Gasteiger partial charge on any atom is -0.497 e. The van der Waals surface area contributed by atoms with Crippen LogP contribution in [0.15, 0.2) is 36.5 Å². The number of aromatic nitrogens is 4. The molecule has 8 nitrogen and oxygen atoms in total. The van der Waals surface area contributed by atoms with Crippen LogP contribution in [0.4, 0.5) is 0 Å². The number of nitrogens with one attached hydrogen (secondary N) is 1. The van der Waals surface area contributed by atoms with E-state index in [2.05, 4.69) is 20.0 Å². The van der Waals surface area contributed by atoms with Gasteiger partial charge in [-0.3, -0.25) is 4.55 Å². The van der Waals surface area contributed by atoms with Gasteiger partial charge in [-0.15, -0.1) is 5.10 Å². The molecule has 114 valence electrons. The van der Waals surface area contributed by atoms with Gasteiger partial charge in [0.05, 0.1) is 12.6 Å². The zero-order valence-corrected chi connectivity index (χ0v) is 12.4. The number of nitrogens with zero attached hydrogens (tertiary/aromatic N) is 4. The highest BCUT2D eigenvalue weighted by molar-refractivity contribution is 7.77. The van der Waals surface area contributed by atoms with Gasteiger partial charge in [-0.25, -0.2) is 13.9 Å². The minimum atomic E-state index is -2.04. The van der Waals surface area contributed by atoms with Crippen LogP contribution >= 0.6 is 0 Å². The number of fused-ring (bicyclic) bond motifs is 1. The highest BCUT2D eigenvalue weighted by Crippen LogP contribution is 2.20. The number of ether oxygens (including phenoxy) is 1. The zero-order valence-electron chi connectivity index (χ0n) is 11.6. The van der Waals surface area contributed by atoms with Crippen LogP contribution in [0, 0.1) is 0 Å². The van der Waals surface area contributed by atoms with E-state index in [1.807, 2.05) is 12.1 Å². The van der Waals surface area contributed by atoms with Crippen molar-refractivity contribution in [2.45, 2.75) is 6.54 Å². The Morgan fingerprint density at radius 1 is 1.36 bits per heavy atom. The fourth-order valence-corrected chi connectivity index (χ4v) is 2.28. The molecule has 0 saturated carbocycles. The van der Waals surface area contributed by atoms with E-state index in [1.165, 1.54) is 0 Å². The van der Waals surface area contributed by atoms with Crippen molar-refractivity contribution in [3.05, 3.63) is 42.1 Å². The number of hydrogen-bond acceptors (Lipinski definition) is 5. The topological polar surface area (TPSA) is 102 Å². The molecule has 0 spiro atoms. The zero-order chi connectivity index (χ0) is 15.5. The third-order valence-corrected chi connectivity index (χ3v) is 3.47. The molecule has 0 saturated heterocycles. The highest BCUT2D eigenvalue weighted by atomic mass is 32.2. The second kappa shape index (κ2) is 6.18. The molecule has 9 heteroatoms. The summed E-state index contributed by atoms with van der Waals surface area (Å²) < 4.78 is 28.4. The van der Waals surface area contributed by atoms with Gasteiger partial charge in [0.25, 0.3) is 0 Å². The fraction of sp³-hybridized carbons (Fsp3) is 0.154. The van der Waals surface area contributed by atoms with Crippen molar-refractivity contribution < 1.29 is 13.5 Å². The summed E-state index contributed by atoms with van der Waals surface area (Å²) in [5.41, 5.74) is 2.32. The van der Waals surface area contributed by atoms with Gasteiger partial charge >= 0.3 is 0 Å². The molecular weight excluding hydrogens is 306 g/mol. The summed E-state index contributed by atoms with van der Waals surface area (Å²) in [5.74, 6) is 1.33. The smallest absolute Gasteiger partial charge is 0.232 e. The molecule has 0 aliphatic heterocycles. The summed E-state index contributed by atoms with van der Waals surface area (Å²) in [4.78, 5) is 4.30. The van der Waals surface area contributed by atoms with Crippen molar-refractivity contribution >= 4 is 22.3 Å². The van der Waals surface area contributed by atoms with Crippen LogP contribution in [-0.4, -0.2) is 35.8 Å². The highest BCUT2D eigenvalue weighted by Gasteiger charge is 2.08. The maximum Gasteiger partial charge on any atom is 0.232 e. The number of rotatable bonds is 5. The Balaban J connectivity index is 1.89. The summed E-state index contributed by atoms with van der Waals surface area (Å²) in [7, 11) is 1.60. The molecular formula is C13H13N5O3S. The molecule has 3 aromatic rings. The van der Waals surface area contributed by atoms with E-state index in [-0.39, 0.29) is 6.54 Å². The van der Waals surface area contributed by atoms with Crippen LogP contribution in [0.5, 0.6) is 5.75 Å². The molecule has 3 rings (SSSR count). The minimum absolute atomic E-state index is 0.256. The van der Waals surface area contributed by atoms with Crippen molar-refractivity contribution in [2.75, 3.05) is 7.11 Å². The second-order valence-electron chi connectivity index (χ2n) is 4.45. The van der Waals surface area contributed by atoms with E-state index < -0.39 is 11.3 Å². The lowest BCUT2D eigenvalue weighted by Crippen LogP contribution is -2.15. The molecule has 22 heavy (non-hydrogen) atoms. The molecule has 0 radical (unpaired) electrons. The molecule has 2 aromatic heterocycles. The standard InChI is InChI=1S/C13H13N5O3S/c1-21-10-3-4-12-11(6-10)16-17-18(12)13-5-2-9(7-14-13)8-15-22(19)20/h2-7,15H,8H2,1H3,(H,19,20). The number of benzene rings is 1. The van der Waals surface area contributed by atoms with Gasteiger partial charge in [-0.2, -0.15) is 4.68 Å². The average molecular weight is 319 g/mol. The molecule has 2 heterocycles. The van der Waals surface area contributed by atoms with E-state index in [0.717, 1.165) is 11.1 Å². The molecule has 2 N–H and O–H groups in total. The first-order valence-corrected chi connectivity index (χ1v) is 7.47. The summed E-state index contributed by atoms with van der Waals surface area (Å²) >= 11 is -2.04. The van der Waals surface area contributed by atoms with Crippen LogP contribution in [0.25, 0.3) is 16.9 Å². The van der Waals surface area contributed by atoms with Crippen LogP contribution in [0.3, 0.4) is 0 Å². The number of pyridine rings is 1. The summed E-state index contributed by atoms with van der Waals surface area (Å²) in [6, 6.07) is 9.07. The molecule has 0 aliphatic rings. The van der Waals surface area contributed by atoms with E-state index in [0.29, 0.717) is 17.1 Å². The molecule has 0 bridgehead atoms. The van der Waals surface area contributed by atoms with Gasteiger partial charge in [0.2, 0.25) is 11.3 Å². The largest absolute Gasteiger partial charge is 0.497 e. The molecule has 1 aromatic carbocycles. The Hall–Kier alpha value is -2.36. The quantitative estimate of drug-likeness (QED) is 0.682. The normalized spacial score (nSPS) is 12.5. The molecule has 0 fully saturated rings. The van der Waals surface area contributed by atoms with E-state index in [1.54, 1.807) is 36.2 Å². The van der Waals surface area contributed by atoms with Crippen LogP contribution in [0.1, 0.15) is 5.56 Å². The summed E-state index contributed by atoms with van der Waals surface area (Å²) in [5, 5.41) is 8.18. The van der Waals surface area contributed by atoms with Crippen molar-refractivity contribution in [2.24, 2.45) is 0 Å². The van der Waals surface area contributed by atoms with Gasteiger partial charge in [-0.1, -0.05) is 11.3 Å². The van der Waals surface area contributed by atoms with Crippen molar-refractivity contribution in [3.63, 3.8) is 0 Å². The lowest BCUT2D eigenvalue weighted by atomic mass is 10.2. The third kappa shape index (κ3) is 2.96. The second-order valence-corrected chi connectivity index (χ2v) is 5.24. The maximum absolute atomic E-state index is 10.6. The molecule has 0 amide bonds. The van der Waals surface area contributed by atoms with Gasteiger partial charge in [0, 0.05) is 18.8 Å². The predicted octanol–water partition coefficient (Wildman–Crippen LogP) is 1.05. The number of methoxy groups -OCH3 is 1.